The van der Waals surface area contributed by atoms with Crippen LogP contribution in [-0.2, 0) is 6.42 Å². The van der Waals surface area contributed by atoms with Crippen LogP contribution >= 0.6 is 0 Å². The number of hydrogen-bond donors (Lipinski definition) is 1. The van der Waals surface area contributed by atoms with E-state index in [0.717, 1.165) is 29.4 Å². The van der Waals surface area contributed by atoms with Crippen LogP contribution in [0.1, 0.15) is 60.5 Å². The second kappa shape index (κ2) is 6.99. The second-order valence-electron chi connectivity index (χ2n) is 6.44. The van der Waals surface area contributed by atoms with E-state index in [2.05, 4.69) is 43.1 Å². The summed E-state index contributed by atoms with van der Waals surface area (Å²) in [6, 6.07) is 10.4. The van der Waals surface area contributed by atoms with E-state index >= 15 is 0 Å². The van der Waals surface area contributed by atoms with Gasteiger partial charge in [-0.2, -0.15) is 0 Å². The molecule has 3 aromatic rings. The van der Waals surface area contributed by atoms with Crippen LogP contribution in [0.3, 0.4) is 0 Å². The summed E-state index contributed by atoms with van der Waals surface area (Å²) in [6.45, 7) is 4.32. The standard InChI is InChI=1S/C21H25NO/c1-3-4-5-6-7-10-17-15(2)16(14-23)13-19-18-11-8-9-12-20(18)22-21(17)19/h8-9,11-14,22H,3-7,10H2,1-2H3. The lowest BCUT2D eigenvalue weighted by Crippen LogP contribution is -1.97. The molecule has 2 aromatic carbocycles. The predicted octanol–water partition coefficient (Wildman–Crippen LogP) is 5.95. The summed E-state index contributed by atoms with van der Waals surface area (Å²) < 4.78 is 0. The van der Waals surface area contributed by atoms with Crippen molar-refractivity contribution in [3.8, 4) is 0 Å². The van der Waals surface area contributed by atoms with Crippen LogP contribution in [0.5, 0.6) is 0 Å². The number of aromatic amines is 1. The number of carbonyl (C=O) groups is 1. The second-order valence-corrected chi connectivity index (χ2v) is 6.44. The van der Waals surface area contributed by atoms with Crippen molar-refractivity contribution in [2.45, 2.75) is 52.4 Å². The summed E-state index contributed by atoms with van der Waals surface area (Å²) in [6.07, 6.45) is 8.38. The van der Waals surface area contributed by atoms with Crippen molar-refractivity contribution < 1.29 is 4.79 Å². The molecule has 0 aliphatic rings. The van der Waals surface area contributed by atoms with E-state index in [1.165, 1.54) is 54.0 Å². The van der Waals surface area contributed by atoms with Gasteiger partial charge in [0.25, 0.3) is 0 Å². The Morgan fingerprint density at radius 2 is 1.83 bits per heavy atom. The van der Waals surface area contributed by atoms with Crippen molar-refractivity contribution in [3.05, 3.63) is 47.0 Å². The highest BCUT2D eigenvalue weighted by Crippen LogP contribution is 2.32. The molecule has 0 saturated carbocycles. The topological polar surface area (TPSA) is 32.9 Å². The van der Waals surface area contributed by atoms with Crippen LogP contribution in [-0.4, -0.2) is 11.3 Å². The molecule has 0 aliphatic heterocycles. The Morgan fingerprint density at radius 1 is 1.04 bits per heavy atom. The van der Waals surface area contributed by atoms with Crippen molar-refractivity contribution in [3.63, 3.8) is 0 Å². The zero-order valence-corrected chi connectivity index (χ0v) is 14.1. The predicted molar refractivity (Wildman–Crippen MR) is 98.4 cm³/mol. The van der Waals surface area contributed by atoms with Gasteiger partial charge in [-0.1, -0.05) is 50.8 Å². The summed E-state index contributed by atoms with van der Waals surface area (Å²) in [5.41, 5.74) is 5.64. The first-order valence-corrected chi connectivity index (χ1v) is 8.74. The highest BCUT2D eigenvalue weighted by Gasteiger charge is 2.13. The van der Waals surface area contributed by atoms with E-state index in [0.29, 0.717) is 0 Å². The van der Waals surface area contributed by atoms with Crippen LogP contribution in [0.4, 0.5) is 0 Å². The van der Waals surface area contributed by atoms with Gasteiger partial charge in [0, 0.05) is 21.9 Å². The Morgan fingerprint density at radius 3 is 2.61 bits per heavy atom. The van der Waals surface area contributed by atoms with E-state index < -0.39 is 0 Å². The summed E-state index contributed by atoms with van der Waals surface area (Å²) in [5.74, 6) is 0. The van der Waals surface area contributed by atoms with Crippen LogP contribution in [0.15, 0.2) is 30.3 Å². The molecular formula is C21H25NO. The Balaban J connectivity index is 2.03. The SMILES string of the molecule is CCCCCCCc1c(C)c(C=O)cc2c1[nH]c1ccccc12. The largest absolute Gasteiger partial charge is 0.354 e. The molecule has 0 fully saturated rings. The van der Waals surface area contributed by atoms with Gasteiger partial charge < -0.3 is 4.98 Å². The number of aromatic nitrogens is 1. The number of hydrogen-bond acceptors (Lipinski definition) is 1. The van der Waals surface area contributed by atoms with Crippen molar-refractivity contribution >= 4 is 28.1 Å². The van der Waals surface area contributed by atoms with Crippen molar-refractivity contribution in [1.82, 2.24) is 4.98 Å². The molecule has 1 N–H and O–H groups in total. The van der Waals surface area contributed by atoms with Gasteiger partial charge in [0.05, 0.1) is 5.52 Å². The minimum atomic E-state index is 0.825. The van der Waals surface area contributed by atoms with Crippen molar-refractivity contribution in [2.24, 2.45) is 0 Å². The average molecular weight is 307 g/mol. The van der Waals surface area contributed by atoms with Crippen molar-refractivity contribution in [1.29, 1.82) is 0 Å². The Labute approximate surface area is 137 Å². The summed E-state index contributed by atoms with van der Waals surface area (Å²) in [7, 11) is 0. The Bertz CT molecular complexity index is 829. The number of fused-ring (bicyclic) bond motifs is 3. The van der Waals surface area contributed by atoms with Gasteiger partial charge in [-0.05, 0) is 43.0 Å². The van der Waals surface area contributed by atoms with Crippen LogP contribution in [0, 0.1) is 6.92 Å². The number of rotatable bonds is 7. The molecule has 0 atom stereocenters. The van der Waals surface area contributed by atoms with Gasteiger partial charge in [-0.25, -0.2) is 0 Å². The normalized spacial score (nSPS) is 11.4. The molecule has 1 aromatic heterocycles. The van der Waals surface area contributed by atoms with Crippen LogP contribution < -0.4 is 0 Å². The summed E-state index contributed by atoms with van der Waals surface area (Å²) in [4.78, 5) is 15.1. The molecule has 0 unspecified atom stereocenters. The molecule has 120 valence electrons. The third-order valence-electron chi connectivity index (χ3n) is 4.89. The van der Waals surface area contributed by atoms with Gasteiger partial charge >= 0.3 is 0 Å². The van der Waals surface area contributed by atoms with E-state index in [4.69, 9.17) is 0 Å². The molecule has 0 bridgehead atoms. The lowest BCUT2D eigenvalue weighted by Gasteiger charge is -2.10. The Kier molecular flexibility index (Phi) is 4.80. The molecule has 3 rings (SSSR count). The number of aldehydes is 1. The first kappa shape index (κ1) is 15.8. The van der Waals surface area contributed by atoms with E-state index in [9.17, 15) is 4.79 Å². The number of unbranched alkanes of at least 4 members (excludes halogenated alkanes) is 4. The summed E-state index contributed by atoms with van der Waals surface area (Å²) in [5, 5.41) is 2.38. The minimum Gasteiger partial charge on any atom is -0.354 e. The monoisotopic (exact) mass is 307 g/mol. The summed E-state index contributed by atoms with van der Waals surface area (Å²) >= 11 is 0. The highest BCUT2D eigenvalue weighted by atomic mass is 16.1. The fourth-order valence-corrected chi connectivity index (χ4v) is 3.52. The number of nitrogens with one attached hydrogen (secondary N) is 1. The fraction of sp³-hybridized carbons (Fsp3) is 0.381. The number of carbonyl (C=O) groups excluding carboxylic acids is 1. The zero-order chi connectivity index (χ0) is 16.2. The van der Waals surface area contributed by atoms with E-state index in [1.54, 1.807) is 0 Å². The fourth-order valence-electron chi connectivity index (χ4n) is 3.52. The van der Waals surface area contributed by atoms with Crippen molar-refractivity contribution in [2.75, 3.05) is 0 Å². The first-order chi connectivity index (χ1) is 11.3. The first-order valence-electron chi connectivity index (χ1n) is 8.74. The average Bonchev–Trinajstić information content (AvgIpc) is 2.94. The minimum absolute atomic E-state index is 0.825. The molecular weight excluding hydrogens is 282 g/mol. The molecule has 2 nitrogen and oxygen atoms in total. The zero-order valence-electron chi connectivity index (χ0n) is 14.1. The molecule has 0 radical (unpaired) electrons. The molecule has 2 heteroatoms. The van der Waals surface area contributed by atoms with Gasteiger partial charge in [0.1, 0.15) is 6.29 Å². The van der Waals surface area contributed by atoms with E-state index in [1.807, 2.05) is 6.07 Å². The molecule has 0 aliphatic carbocycles. The lowest BCUT2D eigenvalue weighted by molar-refractivity contribution is 0.112. The van der Waals surface area contributed by atoms with Crippen LogP contribution in [0.2, 0.25) is 0 Å². The molecule has 0 spiro atoms. The molecule has 0 saturated heterocycles. The third kappa shape index (κ3) is 3.03. The number of benzene rings is 2. The quantitative estimate of drug-likeness (QED) is 0.424. The Hall–Kier alpha value is -2.09. The van der Waals surface area contributed by atoms with Gasteiger partial charge in [0.2, 0.25) is 0 Å². The molecule has 23 heavy (non-hydrogen) atoms. The number of aryl methyl sites for hydroxylation is 1. The number of H-pyrrole nitrogens is 1. The molecule has 1 heterocycles. The highest BCUT2D eigenvalue weighted by molar-refractivity contribution is 6.10. The maximum Gasteiger partial charge on any atom is 0.150 e. The lowest BCUT2D eigenvalue weighted by atomic mass is 9.94. The third-order valence-corrected chi connectivity index (χ3v) is 4.89. The maximum absolute atomic E-state index is 11.5. The maximum atomic E-state index is 11.5. The van der Waals surface area contributed by atoms with Gasteiger partial charge in [-0.15, -0.1) is 0 Å². The van der Waals surface area contributed by atoms with Gasteiger partial charge in [-0.3, -0.25) is 4.79 Å². The van der Waals surface area contributed by atoms with Gasteiger partial charge in [0.15, 0.2) is 0 Å². The van der Waals surface area contributed by atoms with Crippen LogP contribution in [0.25, 0.3) is 21.8 Å². The smallest absolute Gasteiger partial charge is 0.150 e. The van der Waals surface area contributed by atoms with E-state index in [-0.39, 0.29) is 0 Å². The molecule has 0 amide bonds. The number of para-hydroxylation sites is 1.